The third kappa shape index (κ3) is 2.19. The number of oxazole rings is 1. The molecule has 1 aromatic carbocycles. The van der Waals surface area contributed by atoms with Crippen molar-refractivity contribution in [2.45, 2.75) is 19.1 Å². The van der Waals surface area contributed by atoms with Crippen LogP contribution in [0.15, 0.2) is 27.8 Å². The fraction of sp³-hybridized carbons (Fsp3) is 0.273. The molecule has 0 saturated carbocycles. The topological polar surface area (TPSA) is 52.3 Å². The second-order valence-electron chi connectivity index (χ2n) is 3.11. The van der Waals surface area contributed by atoms with E-state index >= 15 is 0 Å². The number of rotatable bonds is 3. The number of nitrogens with zero attached hydrogens (tertiary/aromatic N) is 1. The molecule has 0 fully saturated rings. The molecule has 2 rings (SSSR count). The summed E-state index contributed by atoms with van der Waals surface area (Å²) in [6.07, 6.45) is 0. The number of hydrogen-bond donors (Lipinski definition) is 0. The molecule has 4 nitrogen and oxygen atoms in total. The highest BCUT2D eigenvalue weighted by atomic mass is 32.2. The molecular weight excluding hydrogens is 226 g/mol. The molecule has 0 spiro atoms. The largest absolute Gasteiger partial charge is 0.431 e. The Morgan fingerprint density at radius 2 is 2.38 bits per heavy atom. The lowest BCUT2D eigenvalue weighted by Crippen LogP contribution is -2.01. The normalized spacial score (nSPS) is 10.6. The molecular formula is C11H11NO3S. The molecule has 0 saturated heterocycles. The van der Waals surface area contributed by atoms with Crippen molar-refractivity contribution in [2.24, 2.45) is 0 Å². The van der Waals surface area contributed by atoms with Crippen molar-refractivity contribution < 1.29 is 13.9 Å². The Bertz CT molecular complexity index is 521. The van der Waals surface area contributed by atoms with Crippen LogP contribution in [0.5, 0.6) is 5.75 Å². The average molecular weight is 237 g/mol. The standard InChI is InChI=1S/C11H11NO3S/c1-3-16-11-12-10-8(14-7(2)13)5-4-6-9(10)15-11/h4-6H,3H2,1-2H3. The quantitative estimate of drug-likeness (QED) is 0.466. The molecule has 0 aliphatic rings. The maximum Gasteiger partial charge on any atom is 0.308 e. The number of ether oxygens (including phenoxy) is 1. The molecule has 0 N–H and O–H groups in total. The number of esters is 1. The van der Waals surface area contributed by atoms with Crippen LogP contribution in [0, 0.1) is 0 Å². The van der Waals surface area contributed by atoms with Crippen LogP contribution in [0.3, 0.4) is 0 Å². The van der Waals surface area contributed by atoms with E-state index in [0.29, 0.717) is 22.1 Å². The van der Waals surface area contributed by atoms with Gasteiger partial charge in [-0.3, -0.25) is 4.79 Å². The average Bonchev–Trinajstić information content (AvgIpc) is 2.61. The highest BCUT2D eigenvalue weighted by Gasteiger charge is 2.11. The molecule has 0 amide bonds. The minimum absolute atomic E-state index is 0.361. The van der Waals surface area contributed by atoms with E-state index in [-0.39, 0.29) is 5.97 Å². The van der Waals surface area contributed by atoms with Gasteiger partial charge in [0.2, 0.25) is 0 Å². The second-order valence-corrected chi connectivity index (χ2v) is 4.32. The van der Waals surface area contributed by atoms with Gasteiger partial charge in [-0.1, -0.05) is 24.8 Å². The first-order valence-electron chi connectivity index (χ1n) is 4.91. The lowest BCUT2D eigenvalue weighted by atomic mass is 10.3. The van der Waals surface area contributed by atoms with Gasteiger partial charge < -0.3 is 9.15 Å². The van der Waals surface area contributed by atoms with E-state index < -0.39 is 0 Å². The van der Waals surface area contributed by atoms with Crippen molar-refractivity contribution >= 4 is 28.8 Å². The molecule has 0 unspecified atom stereocenters. The maximum atomic E-state index is 10.9. The summed E-state index contributed by atoms with van der Waals surface area (Å²) < 4.78 is 10.5. The number of para-hydroxylation sites is 1. The lowest BCUT2D eigenvalue weighted by molar-refractivity contribution is -0.131. The van der Waals surface area contributed by atoms with Crippen LogP contribution in [0.2, 0.25) is 0 Å². The Labute approximate surface area is 97.0 Å². The van der Waals surface area contributed by atoms with E-state index in [1.54, 1.807) is 18.2 Å². The zero-order chi connectivity index (χ0) is 11.5. The molecule has 1 aromatic heterocycles. The summed E-state index contributed by atoms with van der Waals surface area (Å²) in [5.74, 6) is 0.965. The fourth-order valence-electron chi connectivity index (χ4n) is 1.33. The van der Waals surface area contributed by atoms with Crippen LogP contribution < -0.4 is 4.74 Å². The van der Waals surface area contributed by atoms with E-state index in [9.17, 15) is 4.79 Å². The third-order valence-corrected chi connectivity index (χ3v) is 2.59. The zero-order valence-corrected chi connectivity index (χ0v) is 9.84. The van der Waals surface area contributed by atoms with Crippen molar-refractivity contribution in [3.63, 3.8) is 0 Å². The number of benzene rings is 1. The first-order chi connectivity index (χ1) is 7.70. The Morgan fingerprint density at radius 3 is 3.06 bits per heavy atom. The Kier molecular flexibility index (Phi) is 3.14. The van der Waals surface area contributed by atoms with Crippen LogP contribution in [0.1, 0.15) is 13.8 Å². The summed E-state index contributed by atoms with van der Waals surface area (Å²) in [5, 5.41) is 0.595. The van der Waals surface area contributed by atoms with Gasteiger partial charge in [-0.05, 0) is 17.9 Å². The van der Waals surface area contributed by atoms with Gasteiger partial charge in [0, 0.05) is 6.92 Å². The number of carbonyl (C=O) groups is 1. The third-order valence-electron chi connectivity index (χ3n) is 1.88. The fourth-order valence-corrected chi connectivity index (χ4v) is 1.88. The molecule has 0 radical (unpaired) electrons. The minimum atomic E-state index is -0.361. The van der Waals surface area contributed by atoms with Crippen molar-refractivity contribution in [2.75, 3.05) is 5.75 Å². The molecule has 16 heavy (non-hydrogen) atoms. The van der Waals surface area contributed by atoms with Crippen molar-refractivity contribution in [3.05, 3.63) is 18.2 Å². The molecule has 0 aliphatic heterocycles. The van der Waals surface area contributed by atoms with E-state index in [1.165, 1.54) is 18.7 Å². The van der Waals surface area contributed by atoms with Crippen LogP contribution >= 0.6 is 11.8 Å². The molecule has 5 heteroatoms. The highest BCUT2D eigenvalue weighted by Crippen LogP contribution is 2.29. The summed E-state index contributed by atoms with van der Waals surface area (Å²) in [4.78, 5) is 15.2. The molecule has 2 aromatic rings. The number of thioether (sulfide) groups is 1. The molecule has 0 aliphatic carbocycles. The van der Waals surface area contributed by atoms with Gasteiger partial charge in [-0.15, -0.1) is 0 Å². The maximum absolute atomic E-state index is 10.9. The summed E-state index contributed by atoms with van der Waals surface area (Å²) in [5.41, 5.74) is 1.23. The number of hydrogen-bond acceptors (Lipinski definition) is 5. The summed E-state index contributed by atoms with van der Waals surface area (Å²) in [7, 11) is 0. The van der Waals surface area contributed by atoms with E-state index in [4.69, 9.17) is 9.15 Å². The predicted molar refractivity (Wildman–Crippen MR) is 61.7 cm³/mol. The first kappa shape index (κ1) is 11.0. The van der Waals surface area contributed by atoms with Crippen LogP contribution in [-0.4, -0.2) is 16.7 Å². The van der Waals surface area contributed by atoms with E-state index in [1.807, 2.05) is 6.92 Å². The number of aromatic nitrogens is 1. The minimum Gasteiger partial charge on any atom is -0.431 e. The Morgan fingerprint density at radius 1 is 1.56 bits per heavy atom. The number of carbonyl (C=O) groups excluding carboxylic acids is 1. The van der Waals surface area contributed by atoms with Crippen molar-refractivity contribution in [3.8, 4) is 5.75 Å². The molecule has 0 bridgehead atoms. The Hall–Kier alpha value is -1.49. The van der Waals surface area contributed by atoms with Gasteiger partial charge in [0.1, 0.15) is 0 Å². The van der Waals surface area contributed by atoms with E-state index in [0.717, 1.165) is 5.75 Å². The van der Waals surface area contributed by atoms with Crippen LogP contribution in [-0.2, 0) is 4.79 Å². The zero-order valence-electron chi connectivity index (χ0n) is 9.02. The molecule has 0 atom stereocenters. The van der Waals surface area contributed by atoms with Gasteiger partial charge in [-0.2, -0.15) is 4.98 Å². The van der Waals surface area contributed by atoms with Crippen LogP contribution in [0.25, 0.3) is 11.1 Å². The van der Waals surface area contributed by atoms with Crippen molar-refractivity contribution in [1.82, 2.24) is 4.98 Å². The van der Waals surface area contributed by atoms with Crippen molar-refractivity contribution in [1.29, 1.82) is 0 Å². The summed E-state index contributed by atoms with van der Waals surface area (Å²) in [6.45, 7) is 3.38. The van der Waals surface area contributed by atoms with Gasteiger partial charge in [-0.25, -0.2) is 0 Å². The Balaban J connectivity index is 2.45. The first-order valence-corrected chi connectivity index (χ1v) is 5.90. The predicted octanol–water partition coefficient (Wildman–Crippen LogP) is 2.87. The molecule has 84 valence electrons. The monoisotopic (exact) mass is 237 g/mol. The van der Waals surface area contributed by atoms with Crippen LogP contribution in [0.4, 0.5) is 0 Å². The summed E-state index contributed by atoms with van der Waals surface area (Å²) in [6, 6.07) is 5.27. The van der Waals surface area contributed by atoms with Gasteiger partial charge in [0.25, 0.3) is 5.22 Å². The van der Waals surface area contributed by atoms with Gasteiger partial charge in [0.05, 0.1) is 0 Å². The summed E-state index contributed by atoms with van der Waals surface area (Å²) >= 11 is 1.51. The smallest absolute Gasteiger partial charge is 0.308 e. The SMILES string of the molecule is CCSc1nc2c(OC(C)=O)cccc2o1. The number of fused-ring (bicyclic) bond motifs is 1. The van der Waals surface area contributed by atoms with E-state index in [2.05, 4.69) is 4.98 Å². The second kappa shape index (κ2) is 4.57. The van der Waals surface area contributed by atoms with Gasteiger partial charge >= 0.3 is 5.97 Å². The molecule has 1 heterocycles. The lowest BCUT2D eigenvalue weighted by Gasteiger charge is -1.99. The van der Waals surface area contributed by atoms with Gasteiger partial charge in [0.15, 0.2) is 16.8 Å². The highest BCUT2D eigenvalue weighted by molar-refractivity contribution is 7.99.